The molecule has 0 aliphatic carbocycles. The number of carbonyl (C=O) groups excluding carboxylic acids is 2. The van der Waals surface area contributed by atoms with Gasteiger partial charge in [-0.15, -0.1) is 0 Å². The number of imide groups is 1. The molecule has 1 heterocycles. The number of aryl methyl sites for hydroxylation is 1. The number of carbonyl (C=O) groups is 3. The minimum absolute atomic E-state index is 0.000796. The molecule has 2 rings (SSSR count). The summed E-state index contributed by atoms with van der Waals surface area (Å²) in [4.78, 5) is 39.5. The number of amides is 3. The van der Waals surface area contributed by atoms with E-state index >= 15 is 0 Å². The predicted octanol–water partition coefficient (Wildman–Crippen LogP) is 3.35. The summed E-state index contributed by atoms with van der Waals surface area (Å²) in [6.07, 6.45) is 0.903. The molecule has 3 amide bonds. The highest BCUT2D eigenvalue weighted by Gasteiger charge is 2.25. The van der Waals surface area contributed by atoms with E-state index in [1.165, 1.54) is 6.20 Å². The molecule has 2 aromatic rings. The highest BCUT2D eigenvalue weighted by atomic mass is 16.4. The molecule has 0 spiro atoms. The Morgan fingerprint density at radius 3 is 2.50 bits per heavy atom. The molecule has 0 aliphatic rings. The van der Waals surface area contributed by atoms with E-state index in [1.54, 1.807) is 32.0 Å². The number of benzene rings is 1. The fourth-order valence-corrected chi connectivity index (χ4v) is 2.92. The Kier molecular flexibility index (Phi) is 7.35. The number of H-pyrrole nitrogens is 1. The molecule has 9 heteroatoms. The van der Waals surface area contributed by atoms with Crippen LogP contribution in [-0.4, -0.2) is 51.8 Å². The lowest BCUT2D eigenvalue weighted by molar-refractivity contribution is 0.0750. The Balaban J connectivity index is 2.25. The van der Waals surface area contributed by atoms with Crippen LogP contribution in [0.3, 0.4) is 0 Å². The first-order valence-corrected chi connectivity index (χ1v) is 9.68. The van der Waals surface area contributed by atoms with Crippen LogP contribution in [-0.2, 0) is 0 Å². The van der Waals surface area contributed by atoms with Gasteiger partial charge in [-0.3, -0.25) is 15.0 Å². The molecular formula is C21H27N5O4. The van der Waals surface area contributed by atoms with Crippen LogP contribution in [0.5, 0.6) is 0 Å². The zero-order valence-corrected chi connectivity index (χ0v) is 17.5. The Bertz CT molecular complexity index is 980. The summed E-state index contributed by atoms with van der Waals surface area (Å²) in [5.74, 6) is -0.841. The van der Waals surface area contributed by atoms with Crippen molar-refractivity contribution in [1.82, 2.24) is 15.2 Å². The van der Waals surface area contributed by atoms with Gasteiger partial charge in [0, 0.05) is 30.5 Å². The third-order valence-electron chi connectivity index (χ3n) is 4.71. The van der Waals surface area contributed by atoms with E-state index in [-0.39, 0.29) is 23.9 Å². The highest BCUT2D eigenvalue weighted by molar-refractivity contribution is 6.10. The molecule has 0 unspecified atom stereocenters. The standard InChI is InChI=1S/C21H27N5O4/c1-5-9-23-19(27)14-8-7-12(3)16(10-14)25-18(22)17-13(4)15(11-24-17)20(28)26(6-2)21(29)30/h7-8,10-11,24H,5-6,9H2,1-4H3,(H2,22,25)(H,23,27)(H,29,30). The maximum absolute atomic E-state index is 12.5. The molecule has 5 N–H and O–H groups in total. The van der Waals surface area contributed by atoms with Gasteiger partial charge < -0.3 is 20.7 Å². The lowest BCUT2D eigenvalue weighted by Crippen LogP contribution is -2.35. The fraction of sp³-hybridized carbons (Fsp3) is 0.333. The third kappa shape index (κ3) is 4.86. The summed E-state index contributed by atoms with van der Waals surface area (Å²) in [6, 6.07) is 5.18. The molecule has 0 bridgehead atoms. The van der Waals surface area contributed by atoms with Crippen LogP contribution in [0.1, 0.15) is 57.8 Å². The van der Waals surface area contributed by atoms with Crippen molar-refractivity contribution in [3.05, 3.63) is 52.3 Å². The van der Waals surface area contributed by atoms with E-state index < -0.39 is 12.0 Å². The van der Waals surface area contributed by atoms with E-state index in [9.17, 15) is 14.4 Å². The molecule has 0 atom stereocenters. The third-order valence-corrected chi connectivity index (χ3v) is 4.71. The smallest absolute Gasteiger partial charge is 0.414 e. The van der Waals surface area contributed by atoms with E-state index in [2.05, 4.69) is 15.6 Å². The predicted molar refractivity (Wildman–Crippen MR) is 115 cm³/mol. The van der Waals surface area contributed by atoms with Crippen LogP contribution in [0.2, 0.25) is 0 Å². The number of aromatic amines is 1. The van der Waals surface area contributed by atoms with Gasteiger partial charge in [-0.2, -0.15) is 0 Å². The van der Waals surface area contributed by atoms with Gasteiger partial charge in [0.2, 0.25) is 0 Å². The van der Waals surface area contributed by atoms with Gasteiger partial charge in [-0.05, 0) is 50.5 Å². The first-order valence-electron chi connectivity index (χ1n) is 9.68. The van der Waals surface area contributed by atoms with Crippen LogP contribution >= 0.6 is 0 Å². The van der Waals surface area contributed by atoms with E-state index in [4.69, 9.17) is 10.5 Å². The van der Waals surface area contributed by atoms with Gasteiger partial charge in [0.05, 0.1) is 11.3 Å². The van der Waals surface area contributed by atoms with Crippen LogP contribution in [0.15, 0.2) is 24.4 Å². The lowest BCUT2D eigenvalue weighted by atomic mass is 10.1. The second-order valence-corrected chi connectivity index (χ2v) is 6.82. The lowest BCUT2D eigenvalue weighted by Gasteiger charge is -2.15. The molecule has 0 radical (unpaired) electrons. The van der Waals surface area contributed by atoms with Crippen molar-refractivity contribution in [1.29, 1.82) is 5.41 Å². The Morgan fingerprint density at radius 1 is 1.20 bits per heavy atom. The quantitative estimate of drug-likeness (QED) is 0.350. The molecule has 30 heavy (non-hydrogen) atoms. The molecule has 0 aliphatic heterocycles. The second kappa shape index (κ2) is 9.73. The number of hydrogen-bond donors (Lipinski definition) is 5. The van der Waals surface area contributed by atoms with Crippen molar-refractivity contribution in [2.75, 3.05) is 18.4 Å². The van der Waals surface area contributed by atoms with Crippen LogP contribution in [0.25, 0.3) is 0 Å². The Labute approximate surface area is 175 Å². The minimum Gasteiger partial charge on any atom is -0.465 e. The zero-order chi connectivity index (χ0) is 22.4. The highest BCUT2D eigenvalue weighted by Crippen LogP contribution is 2.21. The summed E-state index contributed by atoms with van der Waals surface area (Å²) >= 11 is 0. The number of amidine groups is 1. The van der Waals surface area contributed by atoms with Crippen LogP contribution in [0, 0.1) is 19.3 Å². The molecule has 160 valence electrons. The summed E-state index contributed by atoms with van der Waals surface area (Å²) in [6.45, 7) is 7.64. The van der Waals surface area contributed by atoms with Gasteiger partial charge in [0.1, 0.15) is 5.84 Å². The number of anilines is 1. The van der Waals surface area contributed by atoms with Crippen LogP contribution in [0.4, 0.5) is 10.5 Å². The fourth-order valence-electron chi connectivity index (χ4n) is 2.92. The average Bonchev–Trinajstić information content (AvgIpc) is 3.09. The largest absolute Gasteiger partial charge is 0.465 e. The second-order valence-electron chi connectivity index (χ2n) is 6.82. The number of nitrogens with one attached hydrogen (secondary N) is 4. The average molecular weight is 413 g/mol. The van der Waals surface area contributed by atoms with Gasteiger partial charge in [-0.25, -0.2) is 9.69 Å². The number of nitrogens with zero attached hydrogens (tertiary/aromatic N) is 1. The van der Waals surface area contributed by atoms with Crippen molar-refractivity contribution in [2.24, 2.45) is 0 Å². The first-order chi connectivity index (χ1) is 14.2. The molecule has 0 saturated carbocycles. The molecule has 9 nitrogen and oxygen atoms in total. The van der Waals surface area contributed by atoms with Crippen molar-refractivity contribution < 1.29 is 19.5 Å². The molecule has 0 saturated heterocycles. The van der Waals surface area contributed by atoms with Crippen molar-refractivity contribution in [3.63, 3.8) is 0 Å². The molecule has 1 aromatic heterocycles. The normalized spacial score (nSPS) is 10.4. The van der Waals surface area contributed by atoms with Crippen molar-refractivity contribution in [2.45, 2.75) is 34.1 Å². The minimum atomic E-state index is -1.33. The zero-order valence-electron chi connectivity index (χ0n) is 17.5. The summed E-state index contributed by atoms with van der Waals surface area (Å²) in [7, 11) is 0. The van der Waals surface area contributed by atoms with Gasteiger partial charge in [0.25, 0.3) is 11.8 Å². The van der Waals surface area contributed by atoms with Crippen LogP contribution < -0.4 is 10.6 Å². The van der Waals surface area contributed by atoms with Gasteiger partial charge >= 0.3 is 6.09 Å². The number of hydrogen-bond acceptors (Lipinski definition) is 4. The van der Waals surface area contributed by atoms with Gasteiger partial charge in [-0.1, -0.05) is 13.0 Å². The molecule has 0 fully saturated rings. The topological polar surface area (TPSA) is 138 Å². The molecule has 1 aromatic carbocycles. The number of aromatic nitrogens is 1. The monoisotopic (exact) mass is 413 g/mol. The number of rotatable bonds is 7. The van der Waals surface area contributed by atoms with E-state index in [0.717, 1.165) is 12.0 Å². The first kappa shape index (κ1) is 22.7. The summed E-state index contributed by atoms with van der Waals surface area (Å²) in [5.41, 5.74) is 2.92. The van der Waals surface area contributed by atoms with Crippen molar-refractivity contribution in [3.8, 4) is 0 Å². The summed E-state index contributed by atoms with van der Waals surface area (Å²) < 4.78 is 0. The Morgan fingerprint density at radius 2 is 1.90 bits per heavy atom. The van der Waals surface area contributed by atoms with E-state index in [0.29, 0.717) is 34.0 Å². The maximum Gasteiger partial charge on any atom is 0.414 e. The maximum atomic E-state index is 12.5. The van der Waals surface area contributed by atoms with Crippen molar-refractivity contribution >= 4 is 29.4 Å². The summed E-state index contributed by atoms with van der Waals surface area (Å²) in [5, 5.41) is 23.4. The Hall–Kier alpha value is -3.62. The molecular weight excluding hydrogens is 386 g/mol. The SMILES string of the molecule is CCCNC(=O)c1ccc(C)c(NC(=N)c2[nH]cc(C(=O)N(CC)C(=O)O)c2C)c1. The van der Waals surface area contributed by atoms with Gasteiger partial charge in [0.15, 0.2) is 0 Å². The number of carboxylic acid groups (broad SMARTS) is 1. The van der Waals surface area contributed by atoms with E-state index in [1.807, 2.05) is 13.8 Å².